The maximum Gasteiger partial charge on any atom is 0.254 e. The van der Waals surface area contributed by atoms with Crippen LogP contribution in [0.5, 0.6) is 5.75 Å². The summed E-state index contributed by atoms with van der Waals surface area (Å²) in [5.41, 5.74) is 4.67. The molecule has 0 spiro atoms. The number of nitrogens with one attached hydrogen (secondary N) is 2. The van der Waals surface area contributed by atoms with Gasteiger partial charge in [0.15, 0.2) is 0 Å². The number of carbonyl (C=O) groups is 1. The van der Waals surface area contributed by atoms with Crippen molar-refractivity contribution in [3.8, 4) is 23.1 Å². The topological polar surface area (TPSA) is 103 Å². The van der Waals surface area contributed by atoms with Gasteiger partial charge in [-0.1, -0.05) is 0 Å². The van der Waals surface area contributed by atoms with E-state index >= 15 is 0 Å². The number of rotatable bonds is 5. The molecule has 0 unspecified atom stereocenters. The SMILES string of the molecule is COc1ccc(-c2[nH]ncc2/C=N\NC(=O)CC#N)cc1. The second-order valence-electron chi connectivity index (χ2n) is 4.06. The summed E-state index contributed by atoms with van der Waals surface area (Å²) in [7, 11) is 1.60. The summed E-state index contributed by atoms with van der Waals surface area (Å²) in [5.74, 6) is 0.306. The molecule has 0 radical (unpaired) electrons. The van der Waals surface area contributed by atoms with Gasteiger partial charge in [-0.15, -0.1) is 0 Å². The van der Waals surface area contributed by atoms with Crippen molar-refractivity contribution in [2.75, 3.05) is 7.11 Å². The summed E-state index contributed by atoms with van der Waals surface area (Å²) >= 11 is 0. The lowest BCUT2D eigenvalue weighted by atomic mass is 10.1. The Balaban J connectivity index is 2.13. The van der Waals surface area contributed by atoms with Crippen LogP contribution in [-0.2, 0) is 4.79 Å². The lowest BCUT2D eigenvalue weighted by Gasteiger charge is -2.02. The van der Waals surface area contributed by atoms with Crippen LogP contribution >= 0.6 is 0 Å². The number of aromatic amines is 1. The van der Waals surface area contributed by atoms with Gasteiger partial charge in [0.25, 0.3) is 5.91 Å². The summed E-state index contributed by atoms with van der Waals surface area (Å²) in [5, 5.41) is 19.0. The van der Waals surface area contributed by atoms with Crippen LogP contribution in [0.4, 0.5) is 0 Å². The number of H-pyrrole nitrogens is 1. The van der Waals surface area contributed by atoms with Gasteiger partial charge < -0.3 is 4.74 Å². The molecule has 2 N–H and O–H groups in total. The van der Waals surface area contributed by atoms with Gasteiger partial charge in [0.05, 0.1) is 31.3 Å². The maximum absolute atomic E-state index is 11.1. The first-order chi connectivity index (χ1) is 10.2. The molecule has 7 heteroatoms. The number of hydrazone groups is 1. The second kappa shape index (κ2) is 6.86. The fourth-order valence-corrected chi connectivity index (χ4v) is 1.67. The van der Waals surface area contributed by atoms with Gasteiger partial charge in [-0.3, -0.25) is 9.89 Å². The summed E-state index contributed by atoms with van der Waals surface area (Å²) < 4.78 is 5.11. The molecule has 0 saturated heterocycles. The van der Waals surface area contributed by atoms with Crippen molar-refractivity contribution in [1.82, 2.24) is 15.6 Å². The van der Waals surface area contributed by atoms with Gasteiger partial charge in [-0.25, -0.2) is 5.43 Å². The third-order valence-corrected chi connectivity index (χ3v) is 2.68. The van der Waals surface area contributed by atoms with Gasteiger partial charge in [-0.2, -0.15) is 15.5 Å². The van der Waals surface area contributed by atoms with Crippen molar-refractivity contribution in [3.05, 3.63) is 36.0 Å². The molecule has 7 nitrogen and oxygen atoms in total. The van der Waals surface area contributed by atoms with E-state index in [0.717, 1.165) is 22.6 Å². The zero-order valence-corrected chi connectivity index (χ0v) is 11.3. The smallest absolute Gasteiger partial charge is 0.254 e. The first-order valence-electron chi connectivity index (χ1n) is 6.11. The third kappa shape index (κ3) is 3.67. The highest BCUT2D eigenvalue weighted by molar-refractivity contribution is 5.89. The lowest BCUT2D eigenvalue weighted by Crippen LogP contribution is -2.16. The Labute approximate surface area is 121 Å². The highest BCUT2D eigenvalue weighted by Crippen LogP contribution is 2.22. The predicted molar refractivity (Wildman–Crippen MR) is 76.5 cm³/mol. The van der Waals surface area contributed by atoms with E-state index < -0.39 is 5.91 Å². The van der Waals surface area contributed by atoms with E-state index in [-0.39, 0.29) is 6.42 Å². The quantitative estimate of drug-likeness (QED) is 0.640. The summed E-state index contributed by atoms with van der Waals surface area (Å²) in [6, 6.07) is 9.19. The van der Waals surface area contributed by atoms with Crippen LogP contribution < -0.4 is 10.2 Å². The fourth-order valence-electron chi connectivity index (χ4n) is 1.67. The van der Waals surface area contributed by atoms with Crippen LogP contribution in [0.15, 0.2) is 35.6 Å². The molecule has 21 heavy (non-hydrogen) atoms. The molecule has 0 aliphatic heterocycles. The number of carbonyl (C=O) groups excluding carboxylic acids is 1. The zero-order chi connectivity index (χ0) is 15.1. The van der Waals surface area contributed by atoms with Gasteiger partial charge in [0.2, 0.25) is 0 Å². The van der Waals surface area contributed by atoms with Crippen molar-refractivity contribution in [3.63, 3.8) is 0 Å². The Morgan fingerprint density at radius 3 is 2.95 bits per heavy atom. The standard InChI is InChI=1S/C14H13N5O2/c1-21-12-4-2-10(3-5-12)14-11(9-17-19-14)8-16-18-13(20)6-7-15/h2-5,8-9H,6H2,1H3,(H,17,19)(H,18,20)/b16-8-. The molecular formula is C14H13N5O2. The van der Waals surface area contributed by atoms with E-state index in [4.69, 9.17) is 10.00 Å². The van der Waals surface area contributed by atoms with Crippen molar-refractivity contribution in [2.45, 2.75) is 6.42 Å². The van der Waals surface area contributed by atoms with Crippen molar-refractivity contribution in [1.29, 1.82) is 5.26 Å². The maximum atomic E-state index is 11.1. The minimum absolute atomic E-state index is 0.228. The van der Waals surface area contributed by atoms with Crippen molar-refractivity contribution in [2.24, 2.45) is 5.10 Å². The molecule has 1 amide bonds. The largest absolute Gasteiger partial charge is 0.497 e. The number of aromatic nitrogens is 2. The van der Waals surface area contributed by atoms with Crippen molar-refractivity contribution >= 4 is 12.1 Å². The van der Waals surface area contributed by atoms with E-state index in [2.05, 4.69) is 20.7 Å². The molecule has 0 aliphatic rings. The van der Waals surface area contributed by atoms with E-state index in [0.29, 0.717) is 0 Å². The Bertz CT molecular complexity index is 682. The van der Waals surface area contributed by atoms with Crippen LogP contribution in [0, 0.1) is 11.3 Å². The minimum atomic E-state index is -0.455. The molecule has 106 valence electrons. The zero-order valence-electron chi connectivity index (χ0n) is 11.3. The van der Waals surface area contributed by atoms with E-state index in [9.17, 15) is 4.79 Å². The summed E-state index contributed by atoms with van der Waals surface area (Å²) in [4.78, 5) is 11.1. The van der Waals surface area contributed by atoms with Crippen LogP contribution in [0.2, 0.25) is 0 Å². The molecule has 0 bridgehead atoms. The number of benzene rings is 1. The monoisotopic (exact) mass is 283 g/mol. The first-order valence-corrected chi connectivity index (χ1v) is 6.11. The Kier molecular flexibility index (Phi) is 4.66. The van der Waals surface area contributed by atoms with Gasteiger partial charge >= 0.3 is 0 Å². The summed E-state index contributed by atoms with van der Waals surface area (Å²) in [6.07, 6.45) is 2.84. The minimum Gasteiger partial charge on any atom is -0.497 e. The number of ether oxygens (including phenoxy) is 1. The van der Waals surface area contributed by atoms with Crippen LogP contribution in [0.1, 0.15) is 12.0 Å². The molecular weight excluding hydrogens is 270 g/mol. The molecule has 2 aromatic rings. The lowest BCUT2D eigenvalue weighted by molar-refractivity contribution is -0.120. The average molecular weight is 283 g/mol. The molecule has 0 atom stereocenters. The van der Waals surface area contributed by atoms with E-state index in [1.807, 2.05) is 24.3 Å². The number of amides is 1. The van der Waals surface area contributed by atoms with Crippen LogP contribution in [0.3, 0.4) is 0 Å². The number of nitrogens with zero attached hydrogens (tertiary/aromatic N) is 3. The highest BCUT2D eigenvalue weighted by atomic mass is 16.5. The van der Waals surface area contributed by atoms with Crippen molar-refractivity contribution < 1.29 is 9.53 Å². The normalized spacial score (nSPS) is 10.3. The van der Waals surface area contributed by atoms with Crippen LogP contribution in [0.25, 0.3) is 11.3 Å². The molecule has 0 saturated carbocycles. The van der Waals surface area contributed by atoms with E-state index in [1.165, 1.54) is 6.21 Å². The number of nitriles is 1. The average Bonchev–Trinajstić information content (AvgIpc) is 2.96. The molecule has 1 heterocycles. The third-order valence-electron chi connectivity index (χ3n) is 2.68. The second-order valence-corrected chi connectivity index (χ2v) is 4.06. The van der Waals surface area contributed by atoms with Gasteiger partial charge in [-0.05, 0) is 24.3 Å². The number of methoxy groups -OCH3 is 1. The molecule has 0 aliphatic carbocycles. The fraction of sp³-hybridized carbons (Fsp3) is 0.143. The Morgan fingerprint density at radius 1 is 1.52 bits per heavy atom. The molecule has 2 rings (SSSR count). The molecule has 1 aromatic heterocycles. The van der Waals surface area contributed by atoms with E-state index in [1.54, 1.807) is 19.4 Å². The summed E-state index contributed by atoms with van der Waals surface area (Å²) in [6.45, 7) is 0. The Morgan fingerprint density at radius 2 is 2.29 bits per heavy atom. The number of hydrogen-bond acceptors (Lipinski definition) is 5. The Hall–Kier alpha value is -3.14. The highest BCUT2D eigenvalue weighted by Gasteiger charge is 2.06. The number of hydrogen-bond donors (Lipinski definition) is 2. The molecule has 1 aromatic carbocycles. The van der Waals surface area contributed by atoms with Gasteiger partial charge in [0.1, 0.15) is 12.2 Å². The predicted octanol–water partition coefficient (Wildman–Crippen LogP) is 1.45. The van der Waals surface area contributed by atoms with Crippen LogP contribution in [-0.4, -0.2) is 29.4 Å². The first kappa shape index (κ1) is 14.3. The molecule has 0 fully saturated rings. The van der Waals surface area contributed by atoms with Gasteiger partial charge in [0, 0.05) is 11.1 Å².